The first-order valence-corrected chi connectivity index (χ1v) is 11.1. The van der Waals surface area contributed by atoms with Gasteiger partial charge >= 0.3 is 5.97 Å². The highest BCUT2D eigenvalue weighted by molar-refractivity contribution is 6.21. The summed E-state index contributed by atoms with van der Waals surface area (Å²) in [5, 5.41) is 23.0. The molecular weight excluding hydrogens is 462 g/mol. The Bertz CT molecular complexity index is 1620. The molecule has 1 aliphatic rings. The zero-order valence-corrected chi connectivity index (χ0v) is 19.1. The highest BCUT2D eigenvalue weighted by Crippen LogP contribution is 2.42. The van der Waals surface area contributed by atoms with Crippen molar-refractivity contribution in [2.24, 2.45) is 0 Å². The number of phenols is 1. The summed E-state index contributed by atoms with van der Waals surface area (Å²) in [6, 6.07) is 18.2. The van der Waals surface area contributed by atoms with Crippen molar-refractivity contribution in [3.05, 3.63) is 105 Å². The average molecular weight is 483 g/mol. The first kappa shape index (κ1) is 23.1. The minimum absolute atomic E-state index is 0.0377. The van der Waals surface area contributed by atoms with Gasteiger partial charge in [-0.1, -0.05) is 36.4 Å². The SMILES string of the molecule is COCC(=O)Nc1cccc(C2c3ccccc3C(C(=O)O)=Cc3c2oc2cc(O)ccc2c3=O)c1. The Labute approximate surface area is 205 Å². The van der Waals surface area contributed by atoms with Gasteiger partial charge in [0.05, 0.1) is 22.4 Å². The number of carbonyl (C=O) groups excluding carboxylic acids is 1. The lowest BCUT2D eigenvalue weighted by Gasteiger charge is -2.21. The fraction of sp³-hybridized carbons (Fsp3) is 0.107. The van der Waals surface area contributed by atoms with Crippen LogP contribution in [0.5, 0.6) is 5.75 Å². The highest BCUT2D eigenvalue weighted by atomic mass is 16.5. The zero-order chi connectivity index (χ0) is 25.4. The molecule has 8 nitrogen and oxygen atoms in total. The van der Waals surface area contributed by atoms with E-state index in [0.717, 1.165) is 0 Å². The highest BCUT2D eigenvalue weighted by Gasteiger charge is 2.32. The van der Waals surface area contributed by atoms with E-state index >= 15 is 0 Å². The predicted molar refractivity (Wildman–Crippen MR) is 134 cm³/mol. The molecule has 0 radical (unpaired) electrons. The van der Waals surface area contributed by atoms with E-state index < -0.39 is 17.3 Å². The van der Waals surface area contributed by atoms with Crippen LogP contribution in [-0.4, -0.2) is 35.8 Å². The monoisotopic (exact) mass is 483 g/mol. The number of hydrogen-bond donors (Lipinski definition) is 3. The molecule has 180 valence electrons. The average Bonchev–Trinajstić information content (AvgIpc) is 2.99. The summed E-state index contributed by atoms with van der Waals surface area (Å²) in [4.78, 5) is 38.0. The van der Waals surface area contributed by atoms with Crippen molar-refractivity contribution < 1.29 is 29.0 Å². The van der Waals surface area contributed by atoms with E-state index in [2.05, 4.69) is 5.32 Å². The first-order valence-electron chi connectivity index (χ1n) is 11.1. The maximum Gasteiger partial charge on any atom is 0.336 e. The van der Waals surface area contributed by atoms with Gasteiger partial charge in [0.2, 0.25) is 5.91 Å². The molecule has 0 aliphatic heterocycles. The van der Waals surface area contributed by atoms with Gasteiger partial charge < -0.3 is 24.7 Å². The smallest absolute Gasteiger partial charge is 0.336 e. The van der Waals surface area contributed by atoms with Crippen molar-refractivity contribution in [3.8, 4) is 5.75 Å². The van der Waals surface area contributed by atoms with E-state index in [4.69, 9.17) is 9.15 Å². The normalized spacial score (nSPS) is 14.4. The largest absolute Gasteiger partial charge is 0.508 e. The van der Waals surface area contributed by atoms with Crippen LogP contribution in [0.3, 0.4) is 0 Å². The second-order valence-electron chi connectivity index (χ2n) is 8.38. The number of hydrogen-bond acceptors (Lipinski definition) is 6. The molecule has 0 bridgehead atoms. The number of rotatable bonds is 5. The molecule has 1 atom stereocenters. The van der Waals surface area contributed by atoms with Crippen LogP contribution in [0.15, 0.2) is 75.9 Å². The molecule has 36 heavy (non-hydrogen) atoms. The van der Waals surface area contributed by atoms with Crippen molar-refractivity contribution in [2.75, 3.05) is 19.0 Å². The lowest BCUT2D eigenvalue weighted by atomic mass is 9.85. The fourth-order valence-electron chi connectivity index (χ4n) is 4.55. The summed E-state index contributed by atoms with van der Waals surface area (Å²) in [6.45, 7) is -0.116. The second-order valence-corrected chi connectivity index (χ2v) is 8.38. The topological polar surface area (TPSA) is 126 Å². The van der Waals surface area contributed by atoms with Gasteiger partial charge in [-0.3, -0.25) is 9.59 Å². The summed E-state index contributed by atoms with van der Waals surface area (Å²) in [7, 11) is 1.42. The summed E-state index contributed by atoms with van der Waals surface area (Å²) >= 11 is 0. The molecule has 1 heterocycles. The van der Waals surface area contributed by atoms with Crippen LogP contribution >= 0.6 is 0 Å². The van der Waals surface area contributed by atoms with Gasteiger partial charge in [-0.2, -0.15) is 0 Å². The van der Waals surface area contributed by atoms with Gasteiger partial charge in [-0.15, -0.1) is 0 Å². The Balaban J connectivity index is 1.81. The maximum absolute atomic E-state index is 13.6. The van der Waals surface area contributed by atoms with Gasteiger partial charge in [0, 0.05) is 18.9 Å². The lowest BCUT2D eigenvalue weighted by molar-refractivity contribution is -0.130. The number of carboxylic acid groups (broad SMARTS) is 1. The number of anilines is 1. The Hall–Kier alpha value is -4.69. The van der Waals surface area contributed by atoms with E-state index in [9.17, 15) is 24.6 Å². The molecular formula is C28H21NO7. The van der Waals surface area contributed by atoms with E-state index in [0.29, 0.717) is 22.4 Å². The maximum atomic E-state index is 13.6. The van der Waals surface area contributed by atoms with Gasteiger partial charge in [-0.05, 0) is 47.0 Å². The summed E-state index contributed by atoms with van der Waals surface area (Å²) in [5.74, 6) is -2.02. The van der Waals surface area contributed by atoms with Crippen molar-refractivity contribution in [1.29, 1.82) is 0 Å². The molecule has 1 unspecified atom stereocenters. The minimum Gasteiger partial charge on any atom is -0.508 e. The van der Waals surface area contributed by atoms with Crippen LogP contribution in [0.25, 0.3) is 22.6 Å². The predicted octanol–water partition coefficient (Wildman–Crippen LogP) is 4.20. The molecule has 3 aromatic carbocycles. The number of aromatic hydroxyl groups is 1. The molecule has 1 aromatic heterocycles. The zero-order valence-electron chi connectivity index (χ0n) is 19.1. The number of nitrogens with one attached hydrogen (secondary N) is 1. The third-order valence-corrected chi connectivity index (χ3v) is 6.06. The molecule has 4 aromatic rings. The fourth-order valence-corrected chi connectivity index (χ4v) is 4.55. The first-order chi connectivity index (χ1) is 17.4. The molecule has 3 N–H and O–H groups in total. The van der Waals surface area contributed by atoms with Crippen LogP contribution in [0.1, 0.15) is 33.9 Å². The number of benzene rings is 3. The minimum atomic E-state index is -1.18. The standard InChI is InChI=1S/C28H21NO7/c1-35-14-24(31)29-16-6-4-5-15(11-16)25-19-8-3-2-7-18(19)21(28(33)34)13-22-26(32)20-10-9-17(30)12-23(20)36-27(22)25/h2-13,25,30H,14H2,1H3,(H,29,31)(H,33,34). The Morgan fingerprint density at radius 1 is 1.06 bits per heavy atom. The molecule has 8 heteroatoms. The van der Waals surface area contributed by atoms with Crippen molar-refractivity contribution in [3.63, 3.8) is 0 Å². The van der Waals surface area contributed by atoms with Crippen LogP contribution in [0.4, 0.5) is 5.69 Å². The van der Waals surface area contributed by atoms with E-state index in [1.807, 2.05) is 6.07 Å². The number of phenolic OH excluding ortho intramolecular Hbond substituents is 1. The third-order valence-electron chi connectivity index (χ3n) is 6.06. The molecule has 0 saturated heterocycles. The van der Waals surface area contributed by atoms with Crippen molar-refractivity contribution >= 4 is 40.2 Å². The van der Waals surface area contributed by atoms with Gasteiger partial charge in [0.15, 0.2) is 5.43 Å². The third kappa shape index (κ3) is 4.03. The molecule has 1 amide bonds. The van der Waals surface area contributed by atoms with Gasteiger partial charge in [0.1, 0.15) is 23.7 Å². The summed E-state index contributed by atoms with van der Waals surface area (Å²) in [5.41, 5.74) is 2.08. The van der Waals surface area contributed by atoms with Crippen LogP contribution < -0.4 is 10.7 Å². The van der Waals surface area contributed by atoms with Crippen LogP contribution in [0.2, 0.25) is 0 Å². The molecule has 0 fully saturated rings. The van der Waals surface area contributed by atoms with E-state index in [1.165, 1.54) is 31.4 Å². The number of methoxy groups -OCH3 is 1. The summed E-state index contributed by atoms with van der Waals surface area (Å²) in [6.07, 6.45) is 1.35. The lowest BCUT2D eigenvalue weighted by Crippen LogP contribution is -2.17. The van der Waals surface area contributed by atoms with Crippen LogP contribution in [0, 0.1) is 0 Å². The Kier molecular flexibility index (Phi) is 5.87. The number of aliphatic carboxylic acids is 1. The van der Waals surface area contributed by atoms with Gasteiger partial charge in [0.25, 0.3) is 0 Å². The van der Waals surface area contributed by atoms with Crippen molar-refractivity contribution in [1.82, 2.24) is 0 Å². The van der Waals surface area contributed by atoms with E-state index in [1.54, 1.807) is 42.5 Å². The number of fused-ring (bicyclic) bond motifs is 3. The van der Waals surface area contributed by atoms with Crippen molar-refractivity contribution in [2.45, 2.75) is 5.92 Å². The number of carboxylic acids is 1. The number of carbonyl (C=O) groups is 2. The van der Waals surface area contributed by atoms with Crippen LogP contribution in [-0.2, 0) is 14.3 Å². The number of ether oxygens (including phenoxy) is 1. The second kappa shape index (κ2) is 9.16. The molecule has 5 rings (SSSR count). The molecule has 1 aliphatic carbocycles. The Morgan fingerprint density at radius 3 is 2.64 bits per heavy atom. The Morgan fingerprint density at radius 2 is 1.86 bits per heavy atom. The molecule has 0 saturated carbocycles. The van der Waals surface area contributed by atoms with E-state index in [-0.39, 0.29) is 46.1 Å². The summed E-state index contributed by atoms with van der Waals surface area (Å²) < 4.78 is 11.1. The molecule has 0 spiro atoms. The number of amides is 1. The van der Waals surface area contributed by atoms with Gasteiger partial charge in [-0.25, -0.2) is 4.79 Å². The quantitative estimate of drug-likeness (QED) is 0.388.